The van der Waals surface area contributed by atoms with Gasteiger partial charge in [0.1, 0.15) is 0 Å². The van der Waals surface area contributed by atoms with Gasteiger partial charge in [-0.2, -0.15) is 0 Å². The fraction of sp³-hybridized carbons (Fsp3) is 0.600. The summed E-state index contributed by atoms with van der Waals surface area (Å²) in [6.45, 7) is 2.13. The number of hydrogen-bond acceptors (Lipinski definition) is 1. The Labute approximate surface area is 98.5 Å². The van der Waals surface area contributed by atoms with Crippen LogP contribution in [0.15, 0.2) is 24.3 Å². The summed E-state index contributed by atoms with van der Waals surface area (Å²) in [5.41, 5.74) is 2.61. The highest BCUT2D eigenvalue weighted by Gasteiger charge is 2.21. The Morgan fingerprint density at radius 3 is 2.56 bits per heavy atom. The summed E-state index contributed by atoms with van der Waals surface area (Å²) < 4.78 is 0. The summed E-state index contributed by atoms with van der Waals surface area (Å²) in [6.07, 6.45) is 7.08. The summed E-state index contributed by atoms with van der Waals surface area (Å²) in [7, 11) is 0. The van der Waals surface area contributed by atoms with Crippen LogP contribution in [0, 0.1) is 12.8 Å². The number of aryl methyl sites for hydroxylation is 1. The molecule has 0 heterocycles. The van der Waals surface area contributed by atoms with Crippen molar-refractivity contribution >= 4 is 0 Å². The zero-order valence-electron chi connectivity index (χ0n) is 10.2. The van der Waals surface area contributed by atoms with Crippen molar-refractivity contribution in [1.82, 2.24) is 0 Å². The zero-order chi connectivity index (χ0) is 11.4. The molecular weight excluding hydrogens is 196 g/mol. The first kappa shape index (κ1) is 11.7. The van der Waals surface area contributed by atoms with Gasteiger partial charge >= 0.3 is 0 Å². The molecule has 1 saturated carbocycles. The first-order chi connectivity index (χ1) is 7.77. The fourth-order valence-corrected chi connectivity index (χ4v) is 2.75. The predicted molar refractivity (Wildman–Crippen MR) is 67.5 cm³/mol. The summed E-state index contributed by atoms with van der Waals surface area (Å²) in [4.78, 5) is 0. The van der Waals surface area contributed by atoms with Crippen molar-refractivity contribution in [2.24, 2.45) is 5.92 Å². The average Bonchev–Trinajstić information content (AvgIpc) is 2.33. The molecule has 1 heteroatoms. The van der Waals surface area contributed by atoms with Crippen molar-refractivity contribution in [2.45, 2.75) is 51.6 Å². The number of rotatable bonds is 3. The molecule has 0 aromatic heterocycles. The first-order valence-electron chi connectivity index (χ1n) is 6.50. The molecule has 0 spiro atoms. The lowest BCUT2D eigenvalue weighted by Crippen LogP contribution is -2.25. The zero-order valence-corrected chi connectivity index (χ0v) is 10.2. The van der Waals surface area contributed by atoms with E-state index in [9.17, 15) is 5.11 Å². The molecule has 88 valence electrons. The van der Waals surface area contributed by atoms with Crippen LogP contribution in [0.4, 0.5) is 0 Å². The third kappa shape index (κ3) is 2.85. The summed E-state index contributed by atoms with van der Waals surface area (Å²) >= 11 is 0. The van der Waals surface area contributed by atoms with Gasteiger partial charge in [0, 0.05) is 0 Å². The van der Waals surface area contributed by atoms with E-state index >= 15 is 0 Å². The van der Waals surface area contributed by atoms with Crippen LogP contribution in [0.5, 0.6) is 0 Å². The molecule has 1 aliphatic rings. The van der Waals surface area contributed by atoms with Crippen molar-refractivity contribution < 1.29 is 5.11 Å². The van der Waals surface area contributed by atoms with E-state index in [1.54, 1.807) is 0 Å². The number of hydrogen-bond donors (Lipinski definition) is 1. The maximum Gasteiger partial charge on any atom is 0.0608 e. The van der Waals surface area contributed by atoms with Gasteiger partial charge in [-0.15, -0.1) is 0 Å². The van der Waals surface area contributed by atoms with Gasteiger partial charge in [0.2, 0.25) is 0 Å². The minimum Gasteiger partial charge on any atom is -0.392 e. The van der Waals surface area contributed by atoms with Crippen LogP contribution in [0.3, 0.4) is 0 Å². The highest BCUT2D eigenvalue weighted by Crippen LogP contribution is 2.28. The molecule has 0 saturated heterocycles. The molecule has 1 nitrogen and oxygen atoms in total. The molecular formula is C15H22O. The fourth-order valence-electron chi connectivity index (χ4n) is 2.75. The topological polar surface area (TPSA) is 20.2 Å². The molecule has 1 unspecified atom stereocenters. The van der Waals surface area contributed by atoms with Crippen LogP contribution in [0.25, 0.3) is 0 Å². The van der Waals surface area contributed by atoms with E-state index in [2.05, 4.69) is 31.2 Å². The molecule has 0 bridgehead atoms. The third-order valence-electron chi connectivity index (χ3n) is 3.88. The molecule has 0 aliphatic heterocycles. The second kappa shape index (κ2) is 5.49. The number of aliphatic hydroxyl groups excluding tert-OH is 1. The van der Waals surface area contributed by atoms with Crippen LogP contribution < -0.4 is 0 Å². The highest BCUT2D eigenvalue weighted by atomic mass is 16.3. The molecule has 1 atom stereocenters. The van der Waals surface area contributed by atoms with Crippen molar-refractivity contribution in [1.29, 1.82) is 0 Å². The molecule has 2 rings (SSSR count). The molecule has 0 amide bonds. The van der Waals surface area contributed by atoms with Crippen molar-refractivity contribution in [3.63, 3.8) is 0 Å². The van der Waals surface area contributed by atoms with E-state index in [-0.39, 0.29) is 6.10 Å². The van der Waals surface area contributed by atoms with Gasteiger partial charge in [0.25, 0.3) is 0 Å². The largest absolute Gasteiger partial charge is 0.392 e. The third-order valence-corrected chi connectivity index (χ3v) is 3.88. The predicted octanol–water partition coefficient (Wildman–Crippen LogP) is 3.48. The van der Waals surface area contributed by atoms with Crippen molar-refractivity contribution in [3.05, 3.63) is 35.4 Å². The maximum atomic E-state index is 10.3. The van der Waals surface area contributed by atoms with Crippen LogP contribution >= 0.6 is 0 Å². The van der Waals surface area contributed by atoms with Gasteiger partial charge in [-0.25, -0.2) is 0 Å². The van der Waals surface area contributed by atoms with Gasteiger partial charge in [-0.05, 0) is 43.2 Å². The molecule has 1 aromatic rings. The van der Waals surface area contributed by atoms with E-state index in [4.69, 9.17) is 0 Å². The van der Waals surface area contributed by atoms with Crippen LogP contribution in [0.2, 0.25) is 0 Å². The van der Waals surface area contributed by atoms with E-state index in [0.717, 1.165) is 6.42 Å². The molecule has 1 N–H and O–H groups in total. The average molecular weight is 218 g/mol. The van der Waals surface area contributed by atoms with Gasteiger partial charge in [0.05, 0.1) is 6.10 Å². The quantitative estimate of drug-likeness (QED) is 0.823. The SMILES string of the molecule is Cc1ccccc1CC(O)C1CCCCC1. The Morgan fingerprint density at radius 1 is 1.19 bits per heavy atom. The molecule has 1 aliphatic carbocycles. The Kier molecular flexibility index (Phi) is 4.00. The second-order valence-electron chi connectivity index (χ2n) is 5.10. The Balaban J connectivity index is 1.96. The monoisotopic (exact) mass is 218 g/mol. The van der Waals surface area contributed by atoms with E-state index < -0.39 is 0 Å². The van der Waals surface area contributed by atoms with Gasteiger partial charge in [-0.3, -0.25) is 0 Å². The lowest BCUT2D eigenvalue weighted by molar-refractivity contribution is 0.0850. The summed E-state index contributed by atoms with van der Waals surface area (Å²) in [5.74, 6) is 0.536. The lowest BCUT2D eigenvalue weighted by Gasteiger charge is -2.27. The summed E-state index contributed by atoms with van der Waals surface area (Å²) in [5, 5.41) is 10.3. The van der Waals surface area contributed by atoms with Crippen molar-refractivity contribution in [2.75, 3.05) is 0 Å². The number of aliphatic hydroxyl groups is 1. The van der Waals surface area contributed by atoms with E-state index in [1.165, 1.54) is 43.2 Å². The van der Waals surface area contributed by atoms with Gasteiger partial charge in [-0.1, -0.05) is 43.5 Å². The molecule has 1 aromatic carbocycles. The van der Waals surface area contributed by atoms with Gasteiger partial charge < -0.3 is 5.11 Å². The first-order valence-corrected chi connectivity index (χ1v) is 6.50. The smallest absolute Gasteiger partial charge is 0.0608 e. The lowest BCUT2D eigenvalue weighted by atomic mass is 9.83. The molecule has 16 heavy (non-hydrogen) atoms. The molecule has 0 radical (unpaired) electrons. The number of benzene rings is 1. The maximum absolute atomic E-state index is 10.3. The Morgan fingerprint density at radius 2 is 1.88 bits per heavy atom. The standard InChI is InChI=1S/C15H22O/c1-12-7-5-6-10-14(12)11-15(16)13-8-3-2-4-9-13/h5-7,10,13,15-16H,2-4,8-9,11H2,1H3. The van der Waals surface area contributed by atoms with Crippen molar-refractivity contribution in [3.8, 4) is 0 Å². The molecule has 1 fully saturated rings. The van der Waals surface area contributed by atoms with Gasteiger partial charge in [0.15, 0.2) is 0 Å². The normalized spacial score (nSPS) is 19.6. The Bertz CT molecular complexity index is 326. The summed E-state index contributed by atoms with van der Waals surface area (Å²) in [6, 6.07) is 8.39. The highest BCUT2D eigenvalue weighted by molar-refractivity contribution is 5.26. The van der Waals surface area contributed by atoms with Crippen LogP contribution in [-0.4, -0.2) is 11.2 Å². The van der Waals surface area contributed by atoms with Crippen LogP contribution in [0.1, 0.15) is 43.2 Å². The minimum absolute atomic E-state index is 0.138. The van der Waals surface area contributed by atoms with E-state index in [0.29, 0.717) is 5.92 Å². The second-order valence-corrected chi connectivity index (χ2v) is 5.10. The van der Waals surface area contributed by atoms with Crippen LogP contribution in [-0.2, 0) is 6.42 Å². The minimum atomic E-state index is -0.138. The Hall–Kier alpha value is -0.820. The van der Waals surface area contributed by atoms with E-state index in [1.807, 2.05) is 0 Å².